The molecule has 1 saturated heterocycles. The van der Waals surface area contributed by atoms with E-state index >= 15 is 0 Å². The van der Waals surface area contributed by atoms with E-state index in [1.54, 1.807) is 0 Å². The van der Waals surface area contributed by atoms with Gasteiger partial charge in [-0.25, -0.2) is 0 Å². The fourth-order valence-electron chi connectivity index (χ4n) is 2.83. The zero-order valence-corrected chi connectivity index (χ0v) is 15.1. The Balaban J connectivity index is 2.00. The molecule has 122 valence electrons. The number of rotatable bonds is 12. The van der Waals surface area contributed by atoms with Crippen molar-refractivity contribution in [2.45, 2.75) is 76.4 Å². The van der Waals surface area contributed by atoms with Crippen molar-refractivity contribution < 1.29 is 14.6 Å². The fourth-order valence-corrected chi connectivity index (χ4v) is 3.37. The molecule has 0 aromatic carbocycles. The molecule has 3 atom stereocenters. The van der Waals surface area contributed by atoms with Crippen molar-refractivity contribution in [3.05, 3.63) is 12.7 Å². The number of hydrogen-bond donors (Lipinski definition) is 1. The van der Waals surface area contributed by atoms with E-state index in [1.165, 1.54) is 32.1 Å². The van der Waals surface area contributed by atoms with Gasteiger partial charge in [0.15, 0.2) is 0 Å². The smallest absolute Gasteiger partial charge is 0.309 e. The van der Waals surface area contributed by atoms with Crippen molar-refractivity contribution in [2.75, 3.05) is 4.43 Å². The monoisotopic (exact) mass is 408 g/mol. The molecule has 21 heavy (non-hydrogen) atoms. The first kappa shape index (κ1) is 18.9. The summed E-state index contributed by atoms with van der Waals surface area (Å²) < 4.78 is 6.10. The second-order valence-corrected chi connectivity index (χ2v) is 6.90. The van der Waals surface area contributed by atoms with Crippen molar-refractivity contribution in [2.24, 2.45) is 5.92 Å². The third-order valence-corrected chi connectivity index (χ3v) is 5.07. The molecule has 0 aromatic heterocycles. The highest BCUT2D eigenvalue weighted by molar-refractivity contribution is 14.1. The Morgan fingerprint density at radius 3 is 2.57 bits per heavy atom. The summed E-state index contributed by atoms with van der Waals surface area (Å²) in [5, 5.41) is 10.0. The third kappa shape index (κ3) is 8.19. The molecule has 3 nitrogen and oxygen atoms in total. The van der Waals surface area contributed by atoms with Gasteiger partial charge in [0.2, 0.25) is 0 Å². The molecular formula is C17H29IO3. The summed E-state index contributed by atoms with van der Waals surface area (Å²) in [6.45, 7) is 3.72. The number of ether oxygens (including phenoxy) is 1. The lowest BCUT2D eigenvalue weighted by molar-refractivity contribution is -0.144. The molecule has 0 aliphatic carbocycles. The Labute approximate surface area is 142 Å². The van der Waals surface area contributed by atoms with Gasteiger partial charge in [-0.2, -0.15) is 0 Å². The number of hydrogen-bond acceptors (Lipinski definition) is 3. The molecule has 1 fully saturated rings. The van der Waals surface area contributed by atoms with Crippen LogP contribution in [0.5, 0.6) is 0 Å². The second kappa shape index (κ2) is 11.5. The van der Waals surface area contributed by atoms with Crippen LogP contribution >= 0.6 is 22.6 Å². The molecule has 0 unspecified atom stereocenters. The van der Waals surface area contributed by atoms with Crippen LogP contribution in [0.15, 0.2) is 12.7 Å². The maximum absolute atomic E-state index is 11.6. The van der Waals surface area contributed by atoms with Crippen molar-refractivity contribution >= 4 is 28.6 Å². The lowest BCUT2D eigenvalue weighted by atomic mass is 9.95. The first-order valence-corrected chi connectivity index (χ1v) is 9.75. The third-order valence-electron chi connectivity index (χ3n) is 4.09. The number of cyclic esters (lactones) is 1. The molecule has 1 rings (SSSR count). The lowest BCUT2D eigenvalue weighted by Gasteiger charge is -2.12. The van der Waals surface area contributed by atoms with Gasteiger partial charge in [-0.1, -0.05) is 60.8 Å². The van der Waals surface area contributed by atoms with Crippen LogP contribution in [0.3, 0.4) is 0 Å². The largest absolute Gasteiger partial charge is 0.461 e. The first-order chi connectivity index (χ1) is 10.2. The van der Waals surface area contributed by atoms with Gasteiger partial charge in [0.05, 0.1) is 12.0 Å². The minimum atomic E-state index is -0.351. The van der Waals surface area contributed by atoms with E-state index in [1.807, 2.05) is 6.08 Å². The summed E-state index contributed by atoms with van der Waals surface area (Å²) in [7, 11) is 0. The molecule has 1 aliphatic rings. The zero-order valence-electron chi connectivity index (χ0n) is 12.9. The van der Waals surface area contributed by atoms with Gasteiger partial charge in [-0.05, 0) is 32.1 Å². The van der Waals surface area contributed by atoms with E-state index in [4.69, 9.17) is 4.74 Å². The highest BCUT2D eigenvalue weighted by Gasteiger charge is 2.34. The summed E-state index contributed by atoms with van der Waals surface area (Å²) >= 11 is 2.24. The Morgan fingerprint density at radius 2 is 1.95 bits per heavy atom. The first-order valence-electron chi connectivity index (χ1n) is 8.22. The molecule has 0 radical (unpaired) electrons. The zero-order chi connectivity index (χ0) is 15.5. The SMILES string of the molecule is C=CCCCCCCCC[C@@H](O)C[C@@H]1C[C@H](CI)OC1=O. The van der Waals surface area contributed by atoms with Crippen molar-refractivity contribution in [3.63, 3.8) is 0 Å². The standard InChI is InChI=1S/C17H29IO3/c1-2-3-4-5-6-7-8-9-10-15(19)11-14-12-16(13-18)21-17(14)20/h2,14-16,19H,1,3-13H2/t14-,15-,16-/m1/s1. The maximum Gasteiger partial charge on any atom is 0.309 e. The summed E-state index contributed by atoms with van der Waals surface area (Å²) in [4.78, 5) is 11.6. The number of aliphatic hydroxyl groups is 1. The van der Waals surface area contributed by atoms with Gasteiger partial charge in [0.1, 0.15) is 6.10 Å². The molecule has 1 heterocycles. The van der Waals surface area contributed by atoms with Gasteiger partial charge in [0.25, 0.3) is 0 Å². The lowest BCUT2D eigenvalue weighted by Crippen LogP contribution is -2.17. The van der Waals surface area contributed by atoms with Crippen LogP contribution < -0.4 is 0 Å². The number of esters is 1. The molecule has 0 saturated carbocycles. The van der Waals surface area contributed by atoms with E-state index in [2.05, 4.69) is 29.2 Å². The quantitative estimate of drug-likeness (QED) is 0.171. The molecular weight excluding hydrogens is 379 g/mol. The van der Waals surface area contributed by atoms with Crippen LogP contribution in [0.25, 0.3) is 0 Å². The van der Waals surface area contributed by atoms with Crippen LogP contribution in [0.4, 0.5) is 0 Å². The number of carbonyl (C=O) groups is 1. The highest BCUT2D eigenvalue weighted by Crippen LogP contribution is 2.27. The molecule has 0 spiro atoms. The topological polar surface area (TPSA) is 46.5 Å². The molecule has 0 bridgehead atoms. The Morgan fingerprint density at radius 1 is 1.29 bits per heavy atom. The summed E-state index contributed by atoms with van der Waals surface area (Å²) in [5.74, 6) is -0.198. The molecule has 1 aliphatic heterocycles. The average molecular weight is 408 g/mol. The van der Waals surface area contributed by atoms with E-state index in [0.29, 0.717) is 6.42 Å². The highest BCUT2D eigenvalue weighted by atomic mass is 127. The molecule has 4 heteroatoms. The Bertz CT molecular complexity index is 306. The predicted octanol–water partition coefficient (Wildman–Crippen LogP) is 4.41. The minimum absolute atomic E-state index is 0.0610. The Hall–Kier alpha value is -0.100. The van der Waals surface area contributed by atoms with Crippen LogP contribution in [-0.4, -0.2) is 27.7 Å². The number of halogens is 1. The number of alkyl halides is 1. The molecule has 0 aromatic rings. The molecule has 0 amide bonds. The van der Waals surface area contributed by atoms with E-state index in [0.717, 1.165) is 30.1 Å². The summed E-state index contributed by atoms with van der Waals surface area (Å²) in [6, 6.07) is 0. The minimum Gasteiger partial charge on any atom is -0.461 e. The van der Waals surface area contributed by atoms with Crippen LogP contribution in [0, 0.1) is 5.92 Å². The fraction of sp³-hybridized carbons (Fsp3) is 0.824. The number of unbranched alkanes of at least 4 members (excludes halogenated alkanes) is 6. The van der Waals surface area contributed by atoms with Crippen LogP contribution in [0.2, 0.25) is 0 Å². The Kier molecular flexibility index (Phi) is 10.3. The van der Waals surface area contributed by atoms with Gasteiger partial charge in [-0.15, -0.1) is 6.58 Å². The van der Waals surface area contributed by atoms with Gasteiger partial charge < -0.3 is 9.84 Å². The summed E-state index contributed by atoms with van der Waals surface area (Å²) in [6.07, 6.45) is 12.2. The van der Waals surface area contributed by atoms with Gasteiger partial charge in [0, 0.05) is 4.43 Å². The van der Waals surface area contributed by atoms with E-state index in [-0.39, 0.29) is 24.1 Å². The number of carbonyl (C=O) groups excluding carboxylic acids is 1. The van der Waals surface area contributed by atoms with Gasteiger partial charge >= 0.3 is 5.97 Å². The van der Waals surface area contributed by atoms with E-state index in [9.17, 15) is 9.90 Å². The van der Waals surface area contributed by atoms with Crippen molar-refractivity contribution in [1.29, 1.82) is 0 Å². The van der Waals surface area contributed by atoms with Crippen molar-refractivity contribution in [1.82, 2.24) is 0 Å². The normalized spacial score (nSPS) is 23.0. The van der Waals surface area contributed by atoms with Crippen LogP contribution in [0.1, 0.15) is 64.2 Å². The van der Waals surface area contributed by atoms with Crippen molar-refractivity contribution in [3.8, 4) is 0 Å². The second-order valence-electron chi connectivity index (χ2n) is 6.02. The summed E-state index contributed by atoms with van der Waals surface area (Å²) in [5.41, 5.74) is 0. The average Bonchev–Trinajstić information content (AvgIpc) is 2.82. The predicted molar refractivity (Wildman–Crippen MR) is 94.6 cm³/mol. The maximum atomic E-state index is 11.6. The van der Waals surface area contributed by atoms with Gasteiger partial charge in [-0.3, -0.25) is 4.79 Å². The van der Waals surface area contributed by atoms with E-state index < -0.39 is 0 Å². The number of aliphatic hydroxyl groups excluding tert-OH is 1. The number of allylic oxidation sites excluding steroid dienone is 1. The van der Waals surface area contributed by atoms with Crippen LogP contribution in [-0.2, 0) is 9.53 Å². The molecule has 1 N–H and O–H groups in total.